The second-order valence-electron chi connectivity index (χ2n) is 5.71. The molecule has 0 spiro atoms. The molecule has 3 heterocycles. The molecule has 1 aliphatic rings. The molecule has 3 rings (SSSR count). The van der Waals surface area contributed by atoms with Gasteiger partial charge in [0.2, 0.25) is 0 Å². The van der Waals surface area contributed by atoms with Crippen molar-refractivity contribution in [3.63, 3.8) is 0 Å². The van der Waals surface area contributed by atoms with Gasteiger partial charge in [0.05, 0.1) is 6.04 Å². The van der Waals surface area contributed by atoms with Gasteiger partial charge >= 0.3 is 6.03 Å². The number of nitrogens with one attached hydrogen (secondary N) is 2. The molecule has 0 unspecified atom stereocenters. The lowest BCUT2D eigenvalue weighted by molar-refractivity contribution is 0.0946. The topological polar surface area (TPSA) is 77.2 Å². The third-order valence-electron chi connectivity index (χ3n) is 4.17. The normalized spacial score (nSPS) is 18.9. The summed E-state index contributed by atoms with van der Waals surface area (Å²) in [5.74, 6) is 1.49. The minimum Gasteiger partial charge on any atom is -0.347 e. The molecular formula is C16H22N6O. The number of anilines is 1. The average molecular weight is 314 g/mol. The Morgan fingerprint density at radius 2 is 2.26 bits per heavy atom. The van der Waals surface area contributed by atoms with Crippen LogP contribution in [0.3, 0.4) is 0 Å². The molecule has 2 aromatic heterocycles. The summed E-state index contributed by atoms with van der Waals surface area (Å²) in [5, 5.41) is 2.88. The largest absolute Gasteiger partial charge is 0.347 e. The smallest absolute Gasteiger partial charge is 0.323 e. The maximum atomic E-state index is 12.5. The van der Waals surface area contributed by atoms with Crippen LogP contribution in [-0.2, 0) is 0 Å². The van der Waals surface area contributed by atoms with Crippen LogP contribution >= 0.6 is 0 Å². The summed E-state index contributed by atoms with van der Waals surface area (Å²) in [6.07, 6.45) is 5.27. The number of urea groups is 1. The van der Waals surface area contributed by atoms with E-state index in [0.29, 0.717) is 18.9 Å². The molecule has 7 heteroatoms. The van der Waals surface area contributed by atoms with Crippen molar-refractivity contribution in [1.29, 1.82) is 0 Å². The van der Waals surface area contributed by atoms with E-state index in [2.05, 4.69) is 32.1 Å². The van der Waals surface area contributed by atoms with E-state index in [-0.39, 0.29) is 12.1 Å². The number of carbonyl (C=O) groups excluding carboxylic acids is 1. The zero-order valence-corrected chi connectivity index (χ0v) is 13.5. The fraction of sp³-hybridized carbons (Fsp3) is 0.438. The highest BCUT2D eigenvalue weighted by molar-refractivity contribution is 5.88. The molecule has 0 aromatic carbocycles. The number of aromatic amines is 1. The van der Waals surface area contributed by atoms with Gasteiger partial charge in [-0.1, -0.05) is 6.92 Å². The van der Waals surface area contributed by atoms with Crippen molar-refractivity contribution in [3.05, 3.63) is 42.1 Å². The summed E-state index contributed by atoms with van der Waals surface area (Å²) in [6, 6.07) is 3.75. The summed E-state index contributed by atoms with van der Waals surface area (Å²) >= 11 is 0. The monoisotopic (exact) mass is 314 g/mol. The van der Waals surface area contributed by atoms with Crippen molar-refractivity contribution in [3.8, 4) is 0 Å². The van der Waals surface area contributed by atoms with Gasteiger partial charge in [-0.05, 0) is 31.2 Å². The zero-order chi connectivity index (χ0) is 16.2. The van der Waals surface area contributed by atoms with Crippen LogP contribution in [-0.4, -0.2) is 57.0 Å². The van der Waals surface area contributed by atoms with Crippen LogP contribution in [0.1, 0.15) is 24.4 Å². The highest BCUT2D eigenvalue weighted by Crippen LogP contribution is 2.22. The van der Waals surface area contributed by atoms with Gasteiger partial charge in [0.25, 0.3) is 0 Å². The quantitative estimate of drug-likeness (QED) is 0.908. The molecule has 1 aliphatic heterocycles. The van der Waals surface area contributed by atoms with Gasteiger partial charge in [0, 0.05) is 38.2 Å². The van der Waals surface area contributed by atoms with Crippen molar-refractivity contribution in [2.24, 2.45) is 0 Å². The molecule has 0 radical (unpaired) electrons. The summed E-state index contributed by atoms with van der Waals surface area (Å²) in [5.41, 5.74) is 1.07. The van der Waals surface area contributed by atoms with E-state index in [1.807, 2.05) is 30.2 Å². The first-order chi connectivity index (χ1) is 11.2. The van der Waals surface area contributed by atoms with Crippen LogP contribution in [0, 0.1) is 6.92 Å². The Balaban J connectivity index is 1.69. The lowest BCUT2D eigenvalue weighted by Crippen LogP contribution is -2.51. The number of hydrogen-bond acceptors (Lipinski definition) is 4. The van der Waals surface area contributed by atoms with E-state index in [1.54, 1.807) is 12.4 Å². The Morgan fingerprint density at radius 1 is 1.39 bits per heavy atom. The Morgan fingerprint density at radius 3 is 2.96 bits per heavy atom. The van der Waals surface area contributed by atoms with E-state index in [0.717, 1.165) is 24.5 Å². The number of imidazole rings is 1. The van der Waals surface area contributed by atoms with E-state index >= 15 is 0 Å². The number of hydrogen-bond donors (Lipinski definition) is 2. The van der Waals surface area contributed by atoms with Gasteiger partial charge in [-0.3, -0.25) is 10.2 Å². The molecule has 2 amide bonds. The predicted molar refractivity (Wildman–Crippen MR) is 88.1 cm³/mol. The fourth-order valence-electron chi connectivity index (χ4n) is 2.90. The zero-order valence-electron chi connectivity index (χ0n) is 13.5. The number of aryl methyl sites for hydroxylation is 1. The van der Waals surface area contributed by atoms with E-state index in [4.69, 9.17) is 0 Å². The number of H-pyrrole nitrogens is 1. The Labute approximate surface area is 135 Å². The molecule has 1 fully saturated rings. The maximum Gasteiger partial charge on any atom is 0.323 e. The van der Waals surface area contributed by atoms with Gasteiger partial charge in [0.15, 0.2) is 0 Å². The molecule has 23 heavy (non-hydrogen) atoms. The molecule has 0 aliphatic carbocycles. The molecule has 0 saturated carbocycles. The fourth-order valence-corrected chi connectivity index (χ4v) is 2.90. The maximum absolute atomic E-state index is 12.5. The Bertz CT molecular complexity index is 656. The van der Waals surface area contributed by atoms with Crippen LogP contribution in [0.2, 0.25) is 0 Å². The van der Waals surface area contributed by atoms with E-state index < -0.39 is 0 Å². The van der Waals surface area contributed by atoms with Crippen LogP contribution in [0.25, 0.3) is 0 Å². The van der Waals surface area contributed by atoms with Gasteiger partial charge in [-0.25, -0.2) is 14.8 Å². The average Bonchev–Trinajstić information content (AvgIpc) is 3.08. The number of amides is 2. The second-order valence-corrected chi connectivity index (χ2v) is 5.71. The number of likely N-dealkylation sites (N-methyl/N-ethyl adjacent to an activating group) is 1. The van der Waals surface area contributed by atoms with Crippen LogP contribution in [0.4, 0.5) is 10.6 Å². The Kier molecular flexibility index (Phi) is 4.57. The van der Waals surface area contributed by atoms with Gasteiger partial charge in [-0.15, -0.1) is 0 Å². The number of rotatable bonds is 3. The molecule has 122 valence electrons. The first-order valence-electron chi connectivity index (χ1n) is 7.89. The van der Waals surface area contributed by atoms with E-state index in [1.165, 1.54) is 0 Å². The van der Waals surface area contributed by atoms with Crippen LogP contribution in [0.15, 0.2) is 30.7 Å². The van der Waals surface area contributed by atoms with Crippen molar-refractivity contribution in [1.82, 2.24) is 24.8 Å². The second kappa shape index (κ2) is 6.78. The summed E-state index contributed by atoms with van der Waals surface area (Å²) < 4.78 is 0. The van der Waals surface area contributed by atoms with Crippen LogP contribution in [0.5, 0.6) is 0 Å². The van der Waals surface area contributed by atoms with Crippen molar-refractivity contribution < 1.29 is 4.79 Å². The van der Waals surface area contributed by atoms with E-state index in [9.17, 15) is 4.79 Å². The van der Waals surface area contributed by atoms with Gasteiger partial charge in [0.1, 0.15) is 11.6 Å². The van der Waals surface area contributed by atoms with Crippen molar-refractivity contribution in [2.75, 3.05) is 31.5 Å². The number of carbonyl (C=O) groups is 1. The highest BCUT2D eigenvalue weighted by atomic mass is 16.2. The number of piperazine rings is 1. The first kappa shape index (κ1) is 15.5. The van der Waals surface area contributed by atoms with Gasteiger partial charge in [-0.2, -0.15) is 0 Å². The lowest BCUT2D eigenvalue weighted by Gasteiger charge is -2.39. The third-order valence-corrected chi connectivity index (χ3v) is 4.17. The SMILES string of the molecule is CCN1CCN(C(=O)Nc2cc(C)ccn2)C[C@H]1c1ncc[nH]1. The molecule has 2 aromatic rings. The molecule has 1 atom stereocenters. The number of pyridine rings is 1. The van der Waals surface area contributed by atoms with Crippen molar-refractivity contribution in [2.45, 2.75) is 19.9 Å². The lowest BCUT2D eigenvalue weighted by atomic mass is 10.1. The standard InChI is InChI=1S/C16H22N6O/c1-3-21-8-9-22(11-13(21)15-18-6-7-19-15)16(23)20-14-10-12(2)4-5-17-14/h4-7,10,13H,3,8-9,11H2,1-2H3,(H,18,19)(H,17,20,23)/t13-/m0/s1. The first-order valence-corrected chi connectivity index (χ1v) is 7.89. The molecule has 1 saturated heterocycles. The minimum atomic E-state index is -0.115. The minimum absolute atomic E-state index is 0.0972. The molecule has 7 nitrogen and oxygen atoms in total. The summed E-state index contributed by atoms with van der Waals surface area (Å²) in [7, 11) is 0. The Hall–Kier alpha value is -2.41. The van der Waals surface area contributed by atoms with Crippen molar-refractivity contribution >= 4 is 11.8 Å². The number of nitrogens with zero attached hydrogens (tertiary/aromatic N) is 4. The van der Waals surface area contributed by atoms with Crippen LogP contribution < -0.4 is 5.32 Å². The third kappa shape index (κ3) is 3.50. The highest BCUT2D eigenvalue weighted by Gasteiger charge is 2.31. The number of aromatic nitrogens is 3. The van der Waals surface area contributed by atoms with Gasteiger partial charge < -0.3 is 9.88 Å². The predicted octanol–water partition coefficient (Wildman–Crippen LogP) is 2.02. The molecule has 0 bridgehead atoms. The molecule has 2 N–H and O–H groups in total. The molecular weight excluding hydrogens is 292 g/mol. The summed E-state index contributed by atoms with van der Waals surface area (Å²) in [4.78, 5) is 28.4. The summed E-state index contributed by atoms with van der Waals surface area (Å²) in [6.45, 7) is 7.17.